The van der Waals surface area contributed by atoms with E-state index >= 15 is 0 Å². The van der Waals surface area contributed by atoms with Crippen molar-refractivity contribution in [2.24, 2.45) is 0 Å². The maximum Gasteiger partial charge on any atom is 0.416 e. The van der Waals surface area contributed by atoms with E-state index in [1.54, 1.807) is 42.6 Å². The van der Waals surface area contributed by atoms with Gasteiger partial charge in [0.15, 0.2) is 0 Å². The fraction of sp³-hybridized carbons (Fsp3) is 0.0870. The molecule has 0 saturated heterocycles. The van der Waals surface area contributed by atoms with E-state index in [2.05, 4.69) is 10.3 Å². The number of nitrogens with one attached hydrogen (secondary N) is 1. The van der Waals surface area contributed by atoms with Gasteiger partial charge in [-0.05, 0) is 54.1 Å². The highest BCUT2D eigenvalue weighted by molar-refractivity contribution is 6.09. The standard InChI is InChI=1S/C23H16F3N3O2/c24-23(25,26)18-4-3-6-19(13-18)29-22(30)17(14-27)12-16-7-9-21(10-8-16)31-15-20-5-1-2-11-28-20/h1-13H,15H2,(H,29,30)/b17-12-. The molecule has 0 radical (unpaired) electrons. The van der Waals surface area contributed by atoms with Gasteiger partial charge in [-0.2, -0.15) is 18.4 Å². The minimum Gasteiger partial charge on any atom is -0.487 e. The Morgan fingerprint density at radius 2 is 1.87 bits per heavy atom. The van der Waals surface area contributed by atoms with Crippen molar-refractivity contribution >= 4 is 17.7 Å². The average molecular weight is 423 g/mol. The van der Waals surface area contributed by atoms with Gasteiger partial charge in [0.25, 0.3) is 5.91 Å². The monoisotopic (exact) mass is 423 g/mol. The second-order valence-corrected chi connectivity index (χ2v) is 6.38. The van der Waals surface area contributed by atoms with E-state index in [1.807, 2.05) is 12.1 Å². The number of anilines is 1. The topological polar surface area (TPSA) is 75.0 Å². The molecule has 1 N–H and O–H groups in total. The Morgan fingerprint density at radius 1 is 1.10 bits per heavy atom. The van der Waals surface area contributed by atoms with Crippen LogP contribution in [-0.4, -0.2) is 10.9 Å². The number of carbonyl (C=O) groups is 1. The molecule has 0 unspecified atom stereocenters. The van der Waals surface area contributed by atoms with Gasteiger partial charge < -0.3 is 10.1 Å². The van der Waals surface area contributed by atoms with Crippen LogP contribution in [0.4, 0.5) is 18.9 Å². The molecule has 0 fully saturated rings. The smallest absolute Gasteiger partial charge is 0.416 e. The Labute approximate surface area is 176 Å². The molecule has 0 spiro atoms. The Hall–Kier alpha value is -4.12. The van der Waals surface area contributed by atoms with E-state index in [4.69, 9.17) is 4.74 Å². The van der Waals surface area contributed by atoms with Crippen molar-refractivity contribution in [3.63, 3.8) is 0 Å². The van der Waals surface area contributed by atoms with Gasteiger partial charge in [0.2, 0.25) is 0 Å². The van der Waals surface area contributed by atoms with Crippen LogP contribution in [0.1, 0.15) is 16.8 Å². The molecule has 0 bridgehead atoms. The quantitative estimate of drug-likeness (QED) is 0.435. The molecular weight excluding hydrogens is 407 g/mol. The molecule has 5 nitrogen and oxygen atoms in total. The van der Waals surface area contributed by atoms with Crippen molar-refractivity contribution in [2.75, 3.05) is 5.32 Å². The van der Waals surface area contributed by atoms with Gasteiger partial charge >= 0.3 is 6.18 Å². The van der Waals surface area contributed by atoms with E-state index in [-0.39, 0.29) is 11.3 Å². The predicted octanol–water partition coefficient (Wildman–Crippen LogP) is 5.23. The lowest BCUT2D eigenvalue weighted by molar-refractivity contribution is -0.137. The van der Waals surface area contributed by atoms with Crippen LogP contribution >= 0.6 is 0 Å². The van der Waals surface area contributed by atoms with E-state index in [9.17, 15) is 23.2 Å². The fourth-order valence-corrected chi connectivity index (χ4v) is 2.59. The minimum atomic E-state index is -4.53. The summed E-state index contributed by atoms with van der Waals surface area (Å²) in [5.74, 6) is -0.230. The molecule has 1 heterocycles. The first-order valence-electron chi connectivity index (χ1n) is 9.08. The Balaban J connectivity index is 1.67. The van der Waals surface area contributed by atoms with Crippen LogP contribution in [0.3, 0.4) is 0 Å². The van der Waals surface area contributed by atoms with Crippen LogP contribution in [0.15, 0.2) is 78.5 Å². The summed E-state index contributed by atoms with van der Waals surface area (Å²) >= 11 is 0. The summed E-state index contributed by atoms with van der Waals surface area (Å²) in [4.78, 5) is 16.5. The van der Waals surface area contributed by atoms with Crippen molar-refractivity contribution in [1.29, 1.82) is 5.26 Å². The van der Waals surface area contributed by atoms with Crippen LogP contribution in [0.25, 0.3) is 6.08 Å². The first-order valence-corrected chi connectivity index (χ1v) is 9.08. The van der Waals surface area contributed by atoms with Gasteiger partial charge in [-0.25, -0.2) is 0 Å². The van der Waals surface area contributed by atoms with E-state index < -0.39 is 17.6 Å². The van der Waals surface area contributed by atoms with Crippen LogP contribution in [0.5, 0.6) is 5.75 Å². The first kappa shape index (κ1) is 21.6. The lowest BCUT2D eigenvalue weighted by atomic mass is 10.1. The lowest BCUT2D eigenvalue weighted by Crippen LogP contribution is -2.14. The van der Waals surface area contributed by atoms with Gasteiger partial charge in [-0.15, -0.1) is 0 Å². The largest absolute Gasteiger partial charge is 0.487 e. The van der Waals surface area contributed by atoms with Gasteiger partial charge in [0, 0.05) is 11.9 Å². The number of nitriles is 1. The summed E-state index contributed by atoms with van der Waals surface area (Å²) in [6.45, 7) is 0.291. The number of carbonyl (C=O) groups excluding carboxylic acids is 1. The number of nitrogens with zero attached hydrogens (tertiary/aromatic N) is 2. The number of benzene rings is 2. The van der Waals surface area contributed by atoms with E-state index in [0.29, 0.717) is 17.9 Å². The molecular formula is C23H16F3N3O2. The first-order chi connectivity index (χ1) is 14.8. The van der Waals surface area contributed by atoms with Crippen molar-refractivity contribution in [1.82, 2.24) is 4.98 Å². The minimum absolute atomic E-state index is 0.0563. The van der Waals surface area contributed by atoms with Gasteiger partial charge in [0.1, 0.15) is 24.0 Å². The molecule has 1 amide bonds. The number of aromatic nitrogens is 1. The molecule has 0 saturated carbocycles. The zero-order valence-corrected chi connectivity index (χ0v) is 16.1. The fourth-order valence-electron chi connectivity index (χ4n) is 2.59. The molecule has 0 aliphatic heterocycles. The number of halogens is 3. The molecule has 156 valence electrons. The van der Waals surface area contributed by atoms with E-state index in [0.717, 1.165) is 17.8 Å². The summed E-state index contributed by atoms with van der Waals surface area (Å²) < 4.78 is 44.1. The van der Waals surface area contributed by atoms with Crippen LogP contribution in [0.2, 0.25) is 0 Å². The van der Waals surface area contributed by atoms with Gasteiger partial charge in [0.05, 0.1) is 11.3 Å². The third kappa shape index (κ3) is 6.18. The van der Waals surface area contributed by atoms with Gasteiger partial charge in [-0.1, -0.05) is 24.3 Å². The molecule has 0 aliphatic rings. The van der Waals surface area contributed by atoms with Crippen LogP contribution in [0, 0.1) is 11.3 Å². The molecule has 31 heavy (non-hydrogen) atoms. The lowest BCUT2D eigenvalue weighted by Gasteiger charge is -2.09. The highest BCUT2D eigenvalue weighted by Gasteiger charge is 2.30. The Kier molecular flexibility index (Phi) is 6.67. The summed E-state index contributed by atoms with van der Waals surface area (Å²) in [6, 6.07) is 18.1. The maximum absolute atomic E-state index is 12.8. The molecule has 8 heteroatoms. The highest BCUT2D eigenvalue weighted by Crippen LogP contribution is 2.30. The Morgan fingerprint density at radius 3 is 2.52 bits per heavy atom. The summed E-state index contributed by atoms with van der Waals surface area (Å²) in [6.07, 6.45) is -1.53. The van der Waals surface area contributed by atoms with Crippen LogP contribution < -0.4 is 10.1 Å². The SMILES string of the molecule is N#C/C(=C/c1ccc(OCc2ccccn2)cc1)C(=O)Nc1cccc(C(F)(F)F)c1. The zero-order valence-electron chi connectivity index (χ0n) is 16.1. The number of hydrogen-bond acceptors (Lipinski definition) is 4. The second-order valence-electron chi connectivity index (χ2n) is 6.38. The van der Waals surface area contributed by atoms with Crippen molar-refractivity contribution < 1.29 is 22.7 Å². The number of ether oxygens (including phenoxy) is 1. The van der Waals surface area contributed by atoms with Crippen molar-refractivity contribution in [2.45, 2.75) is 12.8 Å². The number of amides is 1. The zero-order chi connectivity index (χ0) is 22.3. The third-order valence-electron chi connectivity index (χ3n) is 4.12. The third-order valence-corrected chi connectivity index (χ3v) is 4.12. The van der Waals surface area contributed by atoms with Crippen molar-refractivity contribution in [3.8, 4) is 11.8 Å². The molecule has 1 aromatic heterocycles. The number of rotatable bonds is 6. The predicted molar refractivity (Wildman–Crippen MR) is 109 cm³/mol. The van der Waals surface area contributed by atoms with E-state index in [1.165, 1.54) is 18.2 Å². The molecule has 3 rings (SSSR count). The highest BCUT2D eigenvalue weighted by atomic mass is 19.4. The summed E-state index contributed by atoms with van der Waals surface area (Å²) in [5, 5.41) is 11.6. The molecule has 3 aromatic rings. The molecule has 0 atom stereocenters. The van der Waals surface area contributed by atoms with Crippen molar-refractivity contribution in [3.05, 3.63) is 95.3 Å². The number of alkyl halides is 3. The average Bonchev–Trinajstić information content (AvgIpc) is 2.77. The molecule has 2 aromatic carbocycles. The second kappa shape index (κ2) is 9.59. The Bertz CT molecular complexity index is 1120. The normalized spacial score (nSPS) is 11.5. The van der Waals surface area contributed by atoms with Crippen LogP contribution in [-0.2, 0) is 17.6 Å². The maximum atomic E-state index is 12.8. The number of pyridine rings is 1. The number of hydrogen-bond donors (Lipinski definition) is 1. The van der Waals surface area contributed by atoms with Gasteiger partial charge in [-0.3, -0.25) is 9.78 Å². The summed E-state index contributed by atoms with van der Waals surface area (Å²) in [5.41, 5.74) is 0.123. The molecule has 0 aliphatic carbocycles. The summed E-state index contributed by atoms with van der Waals surface area (Å²) in [7, 11) is 0.